The van der Waals surface area contributed by atoms with Crippen LogP contribution >= 0.6 is 36.2 Å². The predicted molar refractivity (Wildman–Crippen MR) is 42.5 cm³/mol. The highest BCUT2D eigenvalue weighted by atomic mass is 32.2. The molecule has 7 heavy (non-hydrogen) atoms. The molecule has 1 aliphatic rings. The van der Waals surface area contributed by atoms with Crippen molar-refractivity contribution in [3.8, 4) is 0 Å². The Kier molecular flexibility index (Phi) is 2.25. The first-order chi connectivity index (χ1) is 3.34. The molecule has 0 amide bonds. The van der Waals surface area contributed by atoms with Crippen molar-refractivity contribution in [2.24, 2.45) is 0 Å². The van der Waals surface area contributed by atoms with Crippen molar-refractivity contribution in [2.45, 2.75) is 9.83 Å². The summed E-state index contributed by atoms with van der Waals surface area (Å²) >= 11 is 8.17. The van der Waals surface area contributed by atoms with Gasteiger partial charge in [0.2, 0.25) is 0 Å². The Bertz CT molecular complexity index is 60.0. The van der Waals surface area contributed by atoms with Crippen molar-refractivity contribution in [1.29, 1.82) is 0 Å². The number of hydrogen-bond acceptors (Lipinski definition) is 3. The molecule has 0 aliphatic carbocycles. The molecule has 0 aromatic rings. The first-order valence-corrected chi connectivity index (χ1v) is 5.02. The molecule has 1 aliphatic heterocycles. The minimum Gasteiger partial charge on any atom is -0.164 e. The largest absolute Gasteiger partial charge is 0.164 e. The summed E-state index contributed by atoms with van der Waals surface area (Å²) in [4.78, 5) is 0. The Morgan fingerprint density at radius 2 is 2.57 bits per heavy atom. The lowest BCUT2D eigenvalue weighted by Crippen LogP contribution is -1.97. The van der Waals surface area contributed by atoms with Gasteiger partial charge in [0.15, 0.2) is 0 Å². The van der Waals surface area contributed by atoms with E-state index in [1.54, 1.807) is 0 Å². The van der Waals surface area contributed by atoms with Gasteiger partial charge in [-0.15, -0.1) is 0 Å². The van der Waals surface area contributed by atoms with E-state index in [0.29, 0.717) is 4.58 Å². The molecule has 3 heteroatoms. The number of rotatable bonds is 2. The normalized spacial score (nSPS) is 32.6. The van der Waals surface area contributed by atoms with Crippen LogP contribution in [0.4, 0.5) is 0 Å². The fourth-order valence-electron chi connectivity index (χ4n) is 0.372. The van der Waals surface area contributed by atoms with Crippen LogP contribution in [0.3, 0.4) is 0 Å². The summed E-state index contributed by atoms with van der Waals surface area (Å²) in [5.41, 5.74) is 0. The van der Waals surface area contributed by atoms with E-state index < -0.39 is 0 Å². The summed E-state index contributed by atoms with van der Waals surface area (Å²) in [7, 11) is 0. The monoisotopic (exact) mass is 152 g/mol. The average molecular weight is 152 g/mol. The second-order valence-corrected chi connectivity index (χ2v) is 4.66. The lowest BCUT2D eigenvalue weighted by Gasteiger charge is -1.99. The molecule has 0 bridgehead atoms. The minimum absolute atomic E-state index is 0.588. The SMILES string of the molecule is CSC(S)C1CS1. The van der Waals surface area contributed by atoms with E-state index in [4.69, 9.17) is 0 Å². The van der Waals surface area contributed by atoms with Crippen LogP contribution in [0.25, 0.3) is 0 Å². The molecular weight excluding hydrogens is 144 g/mol. The summed E-state index contributed by atoms with van der Waals surface area (Å²) in [6, 6.07) is 0. The molecule has 1 saturated heterocycles. The maximum absolute atomic E-state index is 4.33. The van der Waals surface area contributed by atoms with Gasteiger partial charge in [-0.1, -0.05) is 0 Å². The van der Waals surface area contributed by atoms with Gasteiger partial charge in [-0.05, 0) is 6.26 Å². The third-order valence-corrected chi connectivity index (χ3v) is 4.09. The highest BCUT2D eigenvalue weighted by Gasteiger charge is 2.28. The molecule has 0 aromatic carbocycles. The summed E-state index contributed by atoms with van der Waals surface area (Å²) in [5, 5.41) is 0.860. The molecule has 42 valence electrons. The van der Waals surface area contributed by atoms with Gasteiger partial charge < -0.3 is 0 Å². The highest BCUT2D eigenvalue weighted by molar-refractivity contribution is 8.14. The molecule has 1 heterocycles. The first kappa shape index (κ1) is 6.17. The topological polar surface area (TPSA) is 0 Å². The van der Waals surface area contributed by atoms with Gasteiger partial charge in [-0.25, -0.2) is 0 Å². The Morgan fingerprint density at radius 3 is 2.71 bits per heavy atom. The van der Waals surface area contributed by atoms with Crippen LogP contribution in [-0.4, -0.2) is 21.8 Å². The van der Waals surface area contributed by atoms with E-state index in [9.17, 15) is 0 Å². The zero-order valence-electron chi connectivity index (χ0n) is 4.13. The van der Waals surface area contributed by atoms with Crippen molar-refractivity contribution >= 4 is 36.2 Å². The van der Waals surface area contributed by atoms with Gasteiger partial charge in [0.1, 0.15) is 0 Å². The van der Waals surface area contributed by atoms with Crippen molar-refractivity contribution in [3.63, 3.8) is 0 Å². The minimum atomic E-state index is 0.588. The molecule has 0 saturated carbocycles. The molecule has 2 atom stereocenters. The third-order valence-electron chi connectivity index (χ3n) is 0.919. The fraction of sp³-hybridized carbons (Fsp3) is 1.00. The van der Waals surface area contributed by atoms with Gasteiger partial charge >= 0.3 is 0 Å². The van der Waals surface area contributed by atoms with E-state index in [-0.39, 0.29) is 0 Å². The summed E-state index contributed by atoms with van der Waals surface area (Å²) in [6.07, 6.45) is 2.11. The Balaban J connectivity index is 2.10. The van der Waals surface area contributed by atoms with E-state index in [0.717, 1.165) is 5.25 Å². The van der Waals surface area contributed by atoms with Crippen LogP contribution < -0.4 is 0 Å². The molecule has 0 nitrogen and oxygen atoms in total. The quantitative estimate of drug-likeness (QED) is 0.363. The maximum atomic E-state index is 4.33. The molecule has 0 spiro atoms. The molecule has 0 aromatic heterocycles. The zero-order chi connectivity index (χ0) is 5.28. The Hall–Kier alpha value is 1.05. The van der Waals surface area contributed by atoms with E-state index in [1.807, 2.05) is 23.5 Å². The van der Waals surface area contributed by atoms with E-state index in [1.165, 1.54) is 5.75 Å². The van der Waals surface area contributed by atoms with Gasteiger partial charge in [-0.3, -0.25) is 0 Å². The molecule has 0 radical (unpaired) electrons. The van der Waals surface area contributed by atoms with Gasteiger partial charge in [0.05, 0.1) is 4.58 Å². The Labute approximate surface area is 58.2 Å². The molecule has 0 N–H and O–H groups in total. The van der Waals surface area contributed by atoms with Crippen LogP contribution in [0.15, 0.2) is 0 Å². The van der Waals surface area contributed by atoms with Gasteiger partial charge in [-0.2, -0.15) is 36.2 Å². The van der Waals surface area contributed by atoms with Crippen LogP contribution in [-0.2, 0) is 0 Å². The first-order valence-electron chi connectivity index (χ1n) is 2.17. The lowest BCUT2D eigenvalue weighted by molar-refractivity contribution is 1.22. The molecular formula is C4H8S3. The second kappa shape index (κ2) is 2.55. The molecule has 1 rings (SSSR count). The third kappa shape index (κ3) is 1.78. The van der Waals surface area contributed by atoms with Gasteiger partial charge in [0.25, 0.3) is 0 Å². The number of thioether (sulfide) groups is 2. The van der Waals surface area contributed by atoms with E-state index in [2.05, 4.69) is 18.9 Å². The maximum Gasteiger partial charge on any atom is 0.0596 e. The number of thiol groups is 1. The molecule has 2 unspecified atom stereocenters. The fourth-order valence-corrected chi connectivity index (χ4v) is 2.44. The Morgan fingerprint density at radius 1 is 2.00 bits per heavy atom. The van der Waals surface area contributed by atoms with Crippen molar-refractivity contribution in [2.75, 3.05) is 12.0 Å². The zero-order valence-corrected chi connectivity index (χ0v) is 6.65. The highest BCUT2D eigenvalue weighted by Crippen LogP contribution is 2.39. The standard InChI is InChI=1S/C4H8S3/c1-6-4(5)3-2-7-3/h3-5H,2H2,1H3. The average Bonchev–Trinajstić information content (AvgIpc) is 2.44. The summed E-state index contributed by atoms with van der Waals surface area (Å²) in [6.45, 7) is 0. The van der Waals surface area contributed by atoms with Crippen molar-refractivity contribution in [1.82, 2.24) is 0 Å². The summed E-state index contributed by atoms with van der Waals surface area (Å²) in [5.74, 6) is 1.33. The van der Waals surface area contributed by atoms with Crippen LogP contribution in [0.5, 0.6) is 0 Å². The second-order valence-electron chi connectivity index (χ2n) is 1.50. The van der Waals surface area contributed by atoms with Crippen molar-refractivity contribution < 1.29 is 0 Å². The van der Waals surface area contributed by atoms with Gasteiger partial charge in [0, 0.05) is 11.0 Å². The smallest absolute Gasteiger partial charge is 0.0596 e. The van der Waals surface area contributed by atoms with Crippen LogP contribution in [0.1, 0.15) is 0 Å². The summed E-state index contributed by atoms with van der Waals surface area (Å²) < 4.78 is 0.588. The van der Waals surface area contributed by atoms with Crippen LogP contribution in [0.2, 0.25) is 0 Å². The van der Waals surface area contributed by atoms with Crippen LogP contribution in [0, 0.1) is 0 Å². The van der Waals surface area contributed by atoms with Crippen molar-refractivity contribution in [3.05, 3.63) is 0 Å². The number of hydrogen-bond donors (Lipinski definition) is 1. The lowest BCUT2D eigenvalue weighted by atomic mass is 10.6. The predicted octanol–water partition coefficient (Wildman–Crippen LogP) is 1.72. The van der Waals surface area contributed by atoms with E-state index >= 15 is 0 Å². The molecule has 1 fully saturated rings.